The summed E-state index contributed by atoms with van der Waals surface area (Å²) in [5, 5.41) is 13.8. The Morgan fingerprint density at radius 3 is 2.88 bits per heavy atom. The molecule has 1 aliphatic rings. The molecule has 2 rings (SSSR count). The van der Waals surface area contributed by atoms with Crippen molar-refractivity contribution in [3.63, 3.8) is 0 Å². The molecule has 4 nitrogen and oxygen atoms in total. The van der Waals surface area contributed by atoms with Gasteiger partial charge in [0.1, 0.15) is 0 Å². The van der Waals surface area contributed by atoms with Crippen molar-refractivity contribution in [3.8, 4) is 0 Å². The molecule has 0 heterocycles. The molecule has 0 aromatic heterocycles. The Morgan fingerprint density at radius 2 is 2.29 bits per heavy atom. The zero-order chi connectivity index (χ0) is 12.4. The number of benzene rings is 1. The summed E-state index contributed by atoms with van der Waals surface area (Å²) in [6.45, 7) is 2.40. The van der Waals surface area contributed by atoms with Crippen LogP contribution in [-0.2, 0) is 6.54 Å². The van der Waals surface area contributed by atoms with Gasteiger partial charge in [0, 0.05) is 24.2 Å². The summed E-state index contributed by atoms with van der Waals surface area (Å²) >= 11 is 0. The van der Waals surface area contributed by atoms with Crippen molar-refractivity contribution in [2.75, 3.05) is 0 Å². The molecule has 0 bridgehead atoms. The van der Waals surface area contributed by atoms with E-state index in [9.17, 15) is 14.5 Å². The fourth-order valence-electron chi connectivity index (χ4n) is 1.88. The molecule has 1 N–H and O–H groups in total. The van der Waals surface area contributed by atoms with Crippen LogP contribution >= 0.6 is 0 Å². The van der Waals surface area contributed by atoms with Gasteiger partial charge in [0.25, 0.3) is 0 Å². The van der Waals surface area contributed by atoms with E-state index in [0.29, 0.717) is 24.1 Å². The van der Waals surface area contributed by atoms with E-state index in [0.717, 1.165) is 0 Å². The van der Waals surface area contributed by atoms with Crippen LogP contribution in [0.2, 0.25) is 0 Å². The molecule has 5 heteroatoms. The molecule has 0 spiro atoms. The molecule has 92 valence electrons. The maximum atomic E-state index is 13.7. The molecule has 0 amide bonds. The number of hydrogen-bond donors (Lipinski definition) is 1. The van der Waals surface area contributed by atoms with Crippen LogP contribution in [0.3, 0.4) is 0 Å². The molecular formula is C12H15FN2O2. The number of halogens is 1. The summed E-state index contributed by atoms with van der Waals surface area (Å²) in [4.78, 5) is 9.88. The van der Waals surface area contributed by atoms with Crippen LogP contribution in [0.15, 0.2) is 18.2 Å². The van der Waals surface area contributed by atoms with Gasteiger partial charge in [-0.05, 0) is 25.7 Å². The first kappa shape index (κ1) is 12.0. The number of nitrogens with zero attached hydrogens (tertiary/aromatic N) is 1. The van der Waals surface area contributed by atoms with Crippen LogP contribution in [0, 0.1) is 21.8 Å². The molecular weight excluding hydrogens is 223 g/mol. The zero-order valence-electron chi connectivity index (χ0n) is 9.65. The minimum atomic E-state index is -0.729. The van der Waals surface area contributed by atoms with Crippen molar-refractivity contribution < 1.29 is 9.31 Å². The molecule has 0 saturated heterocycles. The van der Waals surface area contributed by atoms with Crippen LogP contribution < -0.4 is 5.32 Å². The summed E-state index contributed by atoms with van der Waals surface area (Å²) in [5.41, 5.74) is -0.102. The van der Waals surface area contributed by atoms with E-state index in [-0.39, 0.29) is 0 Å². The minimum Gasteiger partial charge on any atom is -0.310 e. The summed E-state index contributed by atoms with van der Waals surface area (Å²) in [6, 6.07) is 4.62. The van der Waals surface area contributed by atoms with Gasteiger partial charge in [0.15, 0.2) is 0 Å². The fourth-order valence-corrected chi connectivity index (χ4v) is 1.88. The maximum Gasteiger partial charge on any atom is 0.305 e. The molecule has 1 fully saturated rings. The quantitative estimate of drug-likeness (QED) is 0.633. The van der Waals surface area contributed by atoms with Crippen molar-refractivity contribution >= 4 is 5.69 Å². The molecule has 1 aromatic carbocycles. The van der Waals surface area contributed by atoms with E-state index >= 15 is 0 Å². The third kappa shape index (κ3) is 2.79. The second kappa shape index (κ2) is 4.79. The molecule has 1 unspecified atom stereocenters. The first-order chi connectivity index (χ1) is 8.09. The third-order valence-electron chi connectivity index (χ3n) is 3.20. The summed E-state index contributed by atoms with van der Waals surface area (Å²) < 4.78 is 13.7. The smallest absolute Gasteiger partial charge is 0.305 e. The lowest BCUT2D eigenvalue weighted by atomic mass is 10.1. The van der Waals surface area contributed by atoms with Crippen molar-refractivity contribution in [2.24, 2.45) is 5.92 Å². The van der Waals surface area contributed by atoms with Gasteiger partial charge >= 0.3 is 5.69 Å². The van der Waals surface area contributed by atoms with Gasteiger partial charge < -0.3 is 5.32 Å². The predicted molar refractivity (Wildman–Crippen MR) is 62.1 cm³/mol. The number of nitrogens with one attached hydrogen (secondary N) is 1. The van der Waals surface area contributed by atoms with Gasteiger partial charge in [-0.2, -0.15) is 4.39 Å². The normalized spacial score (nSPS) is 16.8. The van der Waals surface area contributed by atoms with Gasteiger partial charge in [0.2, 0.25) is 5.82 Å². The minimum absolute atomic E-state index is 0.338. The fraction of sp³-hybridized carbons (Fsp3) is 0.500. The van der Waals surface area contributed by atoms with Crippen molar-refractivity contribution in [1.82, 2.24) is 5.32 Å². The second-order valence-electron chi connectivity index (χ2n) is 4.51. The highest BCUT2D eigenvalue weighted by Crippen LogP contribution is 2.32. The Bertz CT molecular complexity index is 433. The SMILES string of the molecule is CC(NCc1cccc([N+](=O)[O-])c1F)C1CC1. The Balaban J connectivity index is 2.04. The Kier molecular flexibility index (Phi) is 3.38. The van der Waals surface area contributed by atoms with E-state index in [1.807, 2.05) is 0 Å². The number of hydrogen-bond acceptors (Lipinski definition) is 3. The molecule has 1 saturated carbocycles. The highest BCUT2D eigenvalue weighted by atomic mass is 19.1. The lowest BCUT2D eigenvalue weighted by Gasteiger charge is -2.12. The van der Waals surface area contributed by atoms with Crippen LogP contribution in [0.4, 0.5) is 10.1 Å². The van der Waals surface area contributed by atoms with Crippen LogP contribution in [0.5, 0.6) is 0 Å². The van der Waals surface area contributed by atoms with E-state index in [4.69, 9.17) is 0 Å². The molecule has 1 atom stereocenters. The van der Waals surface area contributed by atoms with E-state index in [1.54, 1.807) is 6.07 Å². The third-order valence-corrected chi connectivity index (χ3v) is 3.20. The van der Waals surface area contributed by atoms with E-state index in [1.165, 1.54) is 25.0 Å². The first-order valence-electron chi connectivity index (χ1n) is 5.74. The van der Waals surface area contributed by atoms with Gasteiger partial charge in [-0.15, -0.1) is 0 Å². The highest BCUT2D eigenvalue weighted by molar-refractivity contribution is 5.36. The topological polar surface area (TPSA) is 55.2 Å². The second-order valence-corrected chi connectivity index (χ2v) is 4.51. The Labute approximate surface area is 99.0 Å². The molecule has 0 aliphatic heterocycles. The van der Waals surface area contributed by atoms with Crippen molar-refractivity contribution in [1.29, 1.82) is 0 Å². The summed E-state index contributed by atoms with van der Waals surface area (Å²) in [6.07, 6.45) is 2.43. The largest absolute Gasteiger partial charge is 0.310 e. The molecule has 1 aliphatic carbocycles. The Hall–Kier alpha value is -1.49. The average Bonchev–Trinajstić information content (AvgIpc) is 3.10. The predicted octanol–water partition coefficient (Wildman–Crippen LogP) is 2.62. The van der Waals surface area contributed by atoms with Crippen molar-refractivity contribution in [2.45, 2.75) is 32.4 Å². The monoisotopic (exact) mass is 238 g/mol. The van der Waals surface area contributed by atoms with E-state index < -0.39 is 16.4 Å². The van der Waals surface area contributed by atoms with Crippen LogP contribution in [0.1, 0.15) is 25.3 Å². The summed E-state index contributed by atoms with van der Waals surface area (Å²) in [7, 11) is 0. The standard InChI is InChI=1S/C12H15FN2O2/c1-8(9-5-6-9)14-7-10-3-2-4-11(12(10)13)15(16)17/h2-4,8-9,14H,5-7H2,1H3. The lowest BCUT2D eigenvalue weighted by molar-refractivity contribution is -0.387. The van der Waals surface area contributed by atoms with Crippen LogP contribution in [-0.4, -0.2) is 11.0 Å². The van der Waals surface area contributed by atoms with Gasteiger partial charge in [-0.1, -0.05) is 12.1 Å². The zero-order valence-corrected chi connectivity index (χ0v) is 9.65. The average molecular weight is 238 g/mol. The Morgan fingerprint density at radius 1 is 1.59 bits per heavy atom. The number of nitro groups is 1. The van der Waals surface area contributed by atoms with Crippen molar-refractivity contribution in [3.05, 3.63) is 39.7 Å². The summed E-state index contributed by atoms with van der Waals surface area (Å²) in [5.74, 6) is -0.0512. The highest BCUT2D eigenvalue weighted by Gasteiger charge is 2.27. The lowest BCUT2D eigenvalue weighted by Crippen LogP contribution is -2.27. The van der Waals surface area contributed by atoms with Crippen LogP contribution in [0.25, 0.3) is 0 Å². The van der Waals surface area contributed by atoms with E-state index in [2.05, 4.69) is 12.2 Å². The number of rotatable bonds is 5. The molecule has 0 radical (unpaired) electrons. The van der Waals surface area contributed by atoms with Gasteiger partial charge in [0.05, 0.1) is 4.92 Å². The van der Waals surface area contributed by atoms with Gasteiger partial charge in [-0.3, -0.25) is 10.1 Å². The maximum absolute atomic E-state index is 13.7. The first-order valence-corrected chi connectivity index (χ1v) is 5.74. The molecule has 17 heavy (non-hydrogen) atoms. The van der Waals surface area contributed by atoms with Gasteiger partial charge in [-0.25, -0.2) is 0 Å². The number of nitro benzene ring substituents is 1. The molecule has 1 aromatic rings.